The van der Waals surface area contributed by atoms with Crippen molar-refractivity contribution < 1.29 is 13.2 Å². The van der Waals surface area contributed by atoms with Gasteiger partial charge in [-0.25, -0.2) is 8.42 Å². The molecule has 1 aromatic carbocycles. The molecule has 116 valence electrons. The summed E-state index contributed by atoms with van der Waals surface area (Å²) < 4.78 is 31.8. The van der Waals surface area contributed by atoms with Gasteiger partial charge in [-0.2, -0.15) is 4.31 Å². The minimum absolute atomic E-state index is 0.0145. The van der Waals surface area contributed by atoms with Crippen LogP contribution in [0.15, 0.2) is 18.2 Å². The number of sulfonamides is 1. The number of ether oxygens (including phenoxy) is 1. The number of benzene rings is 1. The van der Waals surface area contributed by atoms with Crippen molar-refractivity contribution in [3.8, 4) is 5.75 Å². The molecule has 0 bridgehead atoms. The van der Waals surface area contributed by atoms with E-state index in [2.05, 4.69) is 4.90 Å². The van der Waals surface area contributed by atoms with Gasteiger partial charge in [-0.15, -0.1) is 0 Å². The lowest BCUT2D eigenvalue weighted by Gasteiger charge is -2.37. The van der Waals surface area contributed by atoms with Gasteiger partial charge in [-0.3, -0.25) is 4.90 Å². The van der Waals surface area contributed by atoms with E-state index in [1.54, 1.807) is 11.4 Å². The lowest BCUT2D eigenvalue weighted by atomic mass is 10.1. The van der Waals surface area contributed by atoms with Crippen LogP contribution < -0.4 is 4.74 Å². The Kier molecular flexibility index (Phi) is 3.71. The maximum atomic E-state index is 12.5. The normalized spacial score (nSPS) is 24.9. The second-order valence-corrected chi connectivity index (χ2v) is 8.29. The van der Waals surface area contributed by atoms with Crippen molar-refractivity contribution in [1.29, 1.82) is 0 Å². The molecule has 0 saturated carbocycles. The van der Waals surface area contributed by atoms with Crippen LogP contribution in [0.25, 0.3) is 0 Å². The Morgan fingerprint density at radius 3 is 2.81 bits per heavy atom. The summed E-state index contributed by atoms with van der Waals surface area (Å²) in [6.07, 6.45) is 0. The van der Waals surface area contributed by atoms with E-state index in [1.165, 1.54) is 5.56 Å². The fourth-order valence-corrected chi connectivity index (χ4v) is 5.06. The predicted molar refractivity (Wildman–Crippen MR) is 81.5 cm³/mol. The topological polar surface area (TPSA) is 49.9 Å². The van der Waals surface area contributed by atoms with Crippen LogP contribution in [0, 0.1) is 5.92 Å². The summed E-state index contributed by atoms with van der Waals surface area (Å²) in [5, 5.41) is 0. The molecule has 3 rings (SSSR count). The predicted octanol–water partition coefficient (Wildman–Crippen LogP) is 1.81. The Labute approximate surface area is 126 Å². The molecule has 2 heterocycles. The Balaban J connectivity index is 1.89. The summed E-state index contributed by atoms with van der Waals surface area (Å²) in [6.45, 7) is 5.96. The highest BCUT2D eigenvalue weighted by molar-refractivity contribution is 7.89. The molecule has 1 unspecified atom stereocenters. The van der Waals surface area contributed by atoms with E-state index >= 15 is 0 Å². The van der Waals surface area contributed by atoms with Gasteiger partial charge in [0, 0.05) is 13.1 Å². The van der Waals surface area contributed by atoms with Gasteiger partial charge in [0.1, 0.15) is 5.75 Å². The molecule has 21 heavy (non-hydrogen) atoms. The first-order valence-corrected chi connectivity index (χ1v) is 8.90. The van der Waals surface area contributed by atoms with Crippen molar-refractivity contribution in [3.63, 3.8) is 0 Å². The fraction of sp³-hybridized carbons (Fsp3) is 0.600. The largest absolute Gasteiger partial charge is 0.497 e. The molecule has 2 aliphatic heterocycles. The zero-order valence-corrected chi connectivity index (χ0v) is 13.6. The first-order chi connectivity index (χ1) is 9.90. The number of fused-ring (bicyclic) bond motifs is 3. The Hall–Kier alpha value is -1.11. The lowest BCUT2D eigenvalue weighted by molar-refractivity contribution is 0.134. The van der Waals surface area contributed by atoms with E-state index in [4.69, 9.17) is 4.74 Å². The van der Waals surface area contributed by atoms with Gasteiger partial charge >= 0.3 is 0 Å². The van der Waals surface area contributed by atoms with Gasteiger partial charge in [-0.1, -0.05) is 19.9 Å². The van der Waals surface area contributed by atoms with Crippen LogP contribution in [0.2, 0.25) is 0 Å². The fourth-order valence-electron chi connectivity index (χ4n) is 3.21. The van der Waals surface area contributed by atoms with Gasteiger partial charge in [-0.05, 0) is 29.2 Å². The van der Waals surface area contributed by atoms with E-state index in [0.29, 0.717) is 19.1 Å². The molecule has 0 amide bonds. The second-order valence-electron chi connectivity index (χ2n) is 6.28. The van der Waals surface area contributed by atoms with Crippen LogP contribution in [-0.4, -0.2) is 43.7 Å². The highest BCUT2D eigenvalue weighted by Crippen LogP contribution is 2.39. The molecule has 5 nitrogen and oxygen atoms in total. The summed E-state index contributed by atoms with van der Waals surface area (Å²) in [5.74, 6) is 1.34. The van der Waals surface area contributed by atoms with Gasteiger partial charge in [0.15, 0.2) is 0 Å². The highest BCUT2D eigenvalue weighted by atomic mass is 32.2. The molecule has 0 N–H and O–H groups in total. The molecule has 0 spiro atoms. The third-order valence-electron chi connectivity index (χ3n) is 4.19. The number of methoxy groups -OCH3 is 1. The van der Waals surface area contributed by atoms with Gasteiger partial charge in [0.25, 0.3) is 0 Å². The van der Waals surface area contributed by atoms with Crippen LogP contribution in [0.3, 0.4) is 0 Å². The summed E-state index contributed by atoms with van der Waals surface area (Å²) in [4.78, 5) is 2.24. The van der Waals surface area contributed by atoms with E-state index in [1.807, 2.05) is 32.0 Å². The average molecular weight is 310 g/mol. The molecular weight excluding hydrogens is 288 g/mol. The van der Waals surface area contributed by atoms with Gasteiger partial charge < -0.3 is 4.74 Å². The van der Waals surface area contributed by atoms with Crippen LogP contribution in [0.5, 0.6) is 5.75 Å². The van der Waals surface area contributed by atoms with Gasteiger partial charge in [0.05, 0.1) is 25.6 Å². The quantitative estimate of drug-likeness (QED) is 0.854. The van der Waals surface area contributed by atoms with Crippen molar-refractivity contribution in [2.24, 2.45) is 5.92 Å². The molecule has 0 radical (unpaired) electrons. The highest BCUT2D eigenvalue weighted by Gasteiger charge is 2.42. The molecule has 6 heteroatoms. The Morgan fingerprint density at radius 1 is 1.38 bits per heavy atom. The standard InChI is InChI=1S/C15H22N2O3S/c1-11(2)7-17-10-16-8-12-6-13(20-3)4-5-14(12)15(16)9-21(17,18)19/h4-6,11,15H,7-10H2,1-3H3. The molecule has 0 aliphatic carbocycles. The molecule has 0 aromatic heterocycles. The second kappa shape index (κ2) is 5.26. The lowest BCUT2D eigenvalue weighted by Crippen LogP contribution is -2.50. The van der Waals surface area contributed by atoms with Crippen molar-refractivity contribution in [2.45, 2.75) is 26.4 Å². The number of rotatable bonds is 3. The van der Waals surface area contributed by atoms with E-state index in [-0.39, 0.29) is 11.8 Å². The van der Waals surface area contributed by atoms with Crippen molar-refractivity contribution in [1.82, 2.24) is 9.21 Å². The summed E-state index contributed by atoms with van der Waals surface area (Å²) in [7, 11) is -1.52. The number of hydrogen-bond acceptors (Lipinski definition) is 4. The number of hydrogen-bond donors (Lipinski definition) is 0. The van der Waals surface area contributed by atoms with Crippen LogP contribution >= 0.6 is 0 Å². The maximum absolute atomic E-state index is 12.5. The molecule has 2 aliphatic rings. The third-order valence-corrected chi connectivity index (χ3v) is 5.98. The van der Waals surface area contributed by atoms with Crippen molar-refractivity contribution in [3.05, 3.63) is 29.3 Å². The Morgan fingerprint density at radius 2 is 2.14 bits per heavy atom. The zero-order chi connectivity index (χ0) is 15.2. The summed E-state index contributed by atoms with van der Waals surface area (Å²) in [6, 6.07) is 5.92. The SMILES string of the molecule is COc1ccc2c(c1)CN1CN(CC(C)C)S(=O)(=O)CC21. The third kappa shape index (κ3) is 2.67. The van der Waals surface area contributed by atoms with Gasteiger partial charge in [0.2, 0.25) is 10.0 Å². The van der Waals surface area contributed by atoms with Crippen LogP contribution in [0.4, 0.5) is 0 Å². The molecule has 1 atom stereocenters. The smallest absolute Gasteiger partial charge is 0.217 e. The minimum atomic E-state index is -3.17. The summed E-state index contributed by atoms with van der Waals surface area (Å²) in [5.41, 5.74) is 2.31. The first-order valence-electron chi connectivity index (χ1n) is 7.29. The molecule has 1 saturated heterocycles. The monoisotopic (exact) mass is 310 g/mol. The summed E-state index contributed by atoms with van der Waals surface area (Å²) >= 11 is 0. The zero-order valence-electron chi connectivity index (χ0n) is 12.7. The van der Waals surface area contributed by atoms with Crippen molar-refractivity contribution in [2.75, 3.05) is 26.1 Å². The van der Waals surface area contributed by atoms with E-state index < -0.39 is 10.0 Å². The maximum Gasteiger partial charge on any atom is 0.217 e. The Bertz CT molecular complexity index is 642. The van der Waals surface area contributed by atoms with E-state index in [0.717, 1.165) is 17.9 Å². The van der Waals surface area contributed by atoms with E-state index in [9.17, 15) is 8.42 Å². The van der Waals surface area contributed by atoms with Crippen molar-refractivity contribution >= 4 is 10.0 Å². The van der Waals surface area contributed by atoms with Crippen LogP contribution in [0.1, 0.15) is 31.0 Å². The molecule has 1 fully saturated rings. The number of nitrogens with zero attached hydrogens (tertiary/aromatic N) is 2. The molecule has 1 aromatic rings. The first kappa shape index (κ1) is 14.8. The van der Waals surface area contributed by atoms with Crippen LogP contribution in [-0.2, 0) is 16.6 Å². The average Bonchev–Trinajstić information content (AvgIpc) is 2.74. The minimum Gasteiger partial charge on any atom is -0.497 e. The molecular formula is C15H22N2O3S.